The molecule has 3 nitrogen and oxygen atoms in total. The molecule has 0 atom stereocenters. The first-order valence-electron chi connectivity index (χ1n) is 9.78. The zero-order chi connectivity index (χ0) is 17.4. The van der Waals surface area contributed by atoms with Crippen LogP contribution in [0.25, 0.3) is 0 Å². The normalized spacial score (nSPS) is 14.8. The molecule has 132 valence electrons. The Balaban J connectivity index is 2.48. The Hall–Kier alpha value is -1.26. The first kappa shape index (κ1) is 19.1. The summed E-state index contributed by atoms with van der Waals surface area (Å²) in [6, 6.07) is 11.0. The quantitative estimate of drug-likeness (QED) is 0.613. The SMILES string of the molecule is CCN(CC)B(N(CC)CC)N(C1=CCCCC1)c1ccccc1. The molecule has 0 aliphatic heterocycles. The lowest BCUT2D eigenvalue weighted by Gasteiger charge is -2.44. The molecule has 2 rings (SSSR count). The third-order valence-corrected chi connectivity index (χ3v) is 5.12. The molecule has 0 radical (unpaired) electrons. The molecule has 1 aromatic carbocycles. The van der Waals surface area contributed by atoms with Gasteiger partial charge in [-0.1, -0.05) is 52.0 Å². The number of hydrogen-bond donors (Lipinski definition) is 0. The van der Waals surface area contributed by atoms with E-state index in [1.807, 2.05) is 0 Å². The number of anilines is 1. The lowest BCUT2D eigenvalue weighted by Crippen LogP contribution is -2.63. The lowest BCUT2D eigenvalue weighted by atomic mass is 9.79. The smallest absolute Gasteiger partial charge is 0.360 e. The van der Waals surface area contributed by atoms with Gasteiger partial charge in [0.05, 0.1) is 0 Å². The highest BCUT2D eigenvalue weighted by molar-refractivity contribution is 6.58. The average molecular weight is 327 g/mol. The minimum Gasteiger partial charge on any atom is -0.360 e. The molecule has 0 fully saturated rings. The van der Waals surface area contributed by atoms with Crippen LogP contribution in [0.1, 0.15) is 53.4 Å². The number of allylic oxidation sites excluding steroid dienone is 2. The number of rotatable bonds is 9. The molecule has 0 bridgehead atoms. The van der Waals surface area contributed by atoms with Gasteiger partial charge in [-0.05, 0) is 64.0 Å². The van der Waals surface area contributed by atoms with Gasteiger partial charge in [0.1, 0.15) is 0 Å². The van der Waals surface area contributed by atoms with Crippen molar-refractivity contribution in [1.82, 2.24) is 9.62 Å². The summed E-state index contributed by atoms with van der Waals surface area (Å²) in [4.78, 5) is 7.75. The van der Waals surface area contributed by atoms with Crippen LogP contribution in [-0.4, -0.2) is 42.9 Å². The fraction of sp³-hybridized carbons (Fsp3) is 0.600. The second-order valence-electron chi connectivity index (χ2n) is 6.44. The molecule has 0 heterocycles. The zero-order valence-corrected chi connectivity index (χ0v) is 16.0. The number of benzene rings is 1. The molecule has 0 spiro atoms. The van der Waals surface area contributed by atoms with E-state index in [9.17, 15) is 0 Å². The molecular formula is C20H34BN3. The molecule has 0 N–H and O–H groups in total. The van der Waals surface area contributed by atoms with Crippen molar-refractivity contribution in [3.05, 3.63) is 42.1 Å². The Labute approximate surface area is 149 Å². The monoisotopic (exact) mass is 327 g/mol. The van der Waals surface area contributed by atoms with Crippen molar-refractivity contribution < 1.29 is 0 Å². The summed E-state index contributed by atoms with van der Waals surface area (Å²) in [5.74, 6) is 0. The van der Waals surface area contributed by atoms with Crippen molar-refractivity contribution in [2.45, 2.75) is 53.4 Å². The van der Waals surface area contributed by atoms with E-state index in [1.54, 1.807) is 0 Å². The van der Waals surface area contributed by atoms with Crippen LogP contribution < -0.4 is 4.81 Å². The van der Waals surface area contributed by atoms with Crippen LogP contribution in [0.4, 0.5) is 5.69 Å². The molecular weight excluding hydrogens is 293 g/mol. The Kier molecular flexibility index (Phi) is 7.87. The van der Waals surface area contributed by atoms with Crippen LogP contribution in [0.2, 0.25) is 0 Å². The van der Waals surface area contributed by atoms with E-state index in [4.69, 9.17) is 0 Å². The molecule has 4 heteroatoms. The van der Waals surface area contributed by atoms with Crippen molar-refractivity contribution in [3.63, 3.8) is 0 Å². The Morgan fingerprint density at radius 2 is 1.42 bits per heavy atom. The highest BCUT2D eigenvalue weighted by Gasteiger charge is 2.37. The second-order valence-corrected chi connectivity index (χ2v) is 6.44. The minimum absolute atomic E-state index is 0.293. The lowest BCUT2D eigenvalue weighted by molar-refractivity contribution is 0.375. The number of hydrogen-bond acceptors (Lipinski definition) is 3. The zero-order valence-electron chi connectivity index (χ0n) is 16.0. The van der Waals surface area contributed by atoms with Gasteiger partial charge in [0.15, 0.2) is 0 Å². The predicted octanol–water partition coefficient (Wildman–Crippen LogP) is 4.62. The summed E-state index contributed by atoms with van der Waals surface area (Å²) < 4.78 is 0. The molecule has 0 aromatic heterocycles. The molecule has 0 unspecified atom stereocenters. The third kappa shape index (κ3) is 4.43. The van der Waals surface area contributed by atoms with E-state index in [0.717, 1.165) is 26.2 Å². The first-order chi connectivity index (χ1) is 11.8. The maximum Gasteiger partial charge on any atom is 0.441 e. The van der Waals surface area contributed by atoms with Gasteiger partial charge in [-0.25, -0.2) is 0 Å². The van der Waals surface area contributed by atoms with Crippen LogP contribution in [0.3, 0.4) is 0 Å². The summed E-state index contributed by atoms with van der Waals surface area (Å²) in [5.41, 5.74) is 2.81. The van der Waals surface area contributed by atoms with Crippen molar-refractivity contribution in [3.8, 4) is 0 Å². The highest BCUT2D eigenvalue weighted by Crippen LogP contribution is 2.29. The van der Waals surface area contributed by atoms with E-state index in [2.05, 4.69) is 78.5 Å². The van der Waals surface area contributed by atoms with Crippen LogP contribution in [0.5, 0.6) is 0 Å². The van der Waals surface area contributed by atoms with Gasteiger partial charge in [-0.3, -0.25) is 0 Å². The van der Waals surface area contributed by atoms with Crippen LogP contribution in [-0.2, 0) is 0 Å². The molecule has 0 saturated heterocycles. The molecule has 0 amide bonds. The predicted molar refractivity (Wildman–Crippen MR) is 107 cm³/mol. The van der Waals surface area contributed by atoms with Crippen LogP contribution in [0.15, 0.2) is 42.1 Å². The van der Waals surface area contributed by atoms with E-state index in [1.165, 1.54) is 37.1 Å². The molecule has 1 aromatic rings. The molecule has 1 aliphatic carbocycles. The summed E-state index contributed by atoms with van der Waals surface area (Å²) in [6.07, 6.45) is 7.50. The van der Waals surface area contributed by atoms with Crippen LogP contribution in [0, 0.1) is 0 Å². The van der Waals surface area contributed by atoms with Gasteiger partial charge in [0, 0.05) is 11.4 Å². The number of para-hydroxylation sites is 1. The van der Waals surface area contributed by atoms with Gasteiger partial charge in [-0.15, -0.1) is 0 Å². The fourth-order valence-electron chi connectivity index (χ4n) is 3.73. The van der Waals surface area contributed by atoms with Crippen molar-refractivity contribution in [2.75, 3.05) is 31.0 Å². The Bertz CT molecular complexity index is 483. The van der Waals surface area contributed by atoms with Gasteiger partial charge in [-0.2, -0.15) is 0 Å². The van der Waals surface area contributed by atoms with Gasteiger partial charge in [0.25, 0.3) is 0 Å². The van der Waals surface area contributed by atoms with Crippen molar-refractivity contribution >= 4 is 12.8 Å². The van der Waals surface area contributed by atoms with Gasteiger partial charge in [0.2, 0.25) is 0 Å². The number of nitrogens with zero attached hydrogens (tertiary/aromatic N) is 3. The standard InChI is InChI=1S/C20H34BN3/c1-5-22(6-2)21(23(7-3)8-4)24(19-15-11-9-12-16-19)20-17-13-10-14-18-20/h9,11-12,15-17H,5-8,10,13-14,18H2,1-4H3. The molecule has 1 aliphatic rings. The largest absolute Gasteiger partial charge is 0.441 e. The fourth-order valence-corrected chi connectivity index (χ4v) is 3.73. The molecule has 0 saturated carbocycles. The highest BCUT2D eigenvalue weighted by atomic mass is 15.3. The summed E-state index contributed by atoms with van der Waals surface area (Å²) >= 11 is 0. The minimum atomic E-state index is 0.293. The van der Waals surface area contributed by atoms with E-state index >= 15 is 0 Å². The molecule has 24 heavy (non-hydrogen) atoms. The van der Waals surface area contributed by atoms with Crippen LogP contribution >= 0.6 is 0 Å². The Morgan fingerprint density at radius 3 is 1.88 bits per heavy atom. The first-order valence-corrected chi connectivity index (χ1v) is 9.78. The van der Waals surface area contributed by atoms with E-state index < -0.39 is 0 Å². The Morgan fingerprint density at radius 1 is 0.833 bits per heavy atom. The maximum atomic E-state index is 2.60. The van der Waals surface area contributed by atoms with E-state index in [-0.39, 0.29) is 0 Å². The summed E-state index contributed by atoms with van der Waals surface area (Å²) in [6.45, 7) is 13.4. The van der Waals surface area contributed by atoms with E-state index in [0.29, 0.717) is 7.12 Å². The van der Waals surface area contributed by atoms with Gasteiger partial charge < -0.3 is 14.4 Å². The average Bonchev–Trinajstić information content (AvgIpc) is 2.65. The van der Waals surface area contributed by atoms with Crippen molar-refractivity contribution in [2.24, 2.45) is 0 Å². The third-order valence-electron chi connectivity index (χ3n) is 5.12. The topological polar surface area (TPSA) is 9.72 Å². The second kappa shape index (κ2) is 9.90. The van der Waals surface area contributed by atoms with Gasteiger partial charge >= 0.3 is 7.12 Å². The summed E-state index contributed by atoms with van der Waals surface area (Å²) in [5, 5.41) is 0. The maximum absolute atomic E-state index is 2.60. The van der Waals surface area contributed by atoms with Crippen molar-refractivity contribution in [1.29, 1.82) is 0 Å². The summed E-state index contributed by atoms with van der Waals surface area (Å²) in [7, 11) is 0.293.